The van der Waals surface area contributed by atoms with Gasteiger partial charge in [0.2, 0.25) is 0 Å². The van der Waals surface area contributed by atoms with Crippen LogP contribution in [0.5, 0.6) is 0 Å². The van der Waals surface area contributed by atoms with Gasteiger partial charge in [0.05, 0.1) is 18.2 Å². The van der Waals surface area contributed by atoms with Crippen LogP contribution in [0, 0.1) is 0 Å². The van der Waals surface area contributed by atoms with Crippen molar-refractivity contribution in [3.63, 3.8) is 0 Å². The first-order valence-electron chi connectivity index (χ1n) is 6.36. The maximum atomic E-state index is 13.1. The molecule has 1 atom stereocenters. The SMILES string of the molecule is Cl.OC[C@H](c1c(Cl)cccc1C(F)(F)F)N1CCNCC1. The van der Waals surface area contributed by atoms with Crippen LogP contribution in [0.1, 0.15) is 17.2 Å². The molecule has 3 nitrogen and oxygen atoms in total. The maximum absolute atomic E-state index is 13.1. The van der Waals surface area contributed by atoms with Gasteiger partial charge >= 0.3 is 6.18 Å². The molecule has 0 aromatic heterocycles. The Kier molecular flexibility index (Phi) is 6.74. The van der Waals surface area contributed by atoms with Gasteiger partial charge in [0, 0.05) is 36.8 Å². The number of hydrogen-bond acceptors (Lipinski definition) is 3. The smallest absolute Gasteiger partial charge is 0.394 e. The number of aliphatic hydroxyl groups excluding tert-OH is 1. The van der Waals surface area contributed by atoms with Gasteiger partial charge < -0.3 is 10.4 Å². The van der Waals surface area contributed by atoms with Crippen LogP contribution in [0.2, 0.25) is 5.02 Å². The van der Waals surface area contributed by atoms with Gasteiger partial charge in [-0.3, -0.25) is 4.90 Å². The number of hydrogen-bond donors (Lipinski definition) is 2. The van der Waals surface area contributed by atoms with E-state index in [4.69, 9.17) is 11.6 Å². The highest BCUT2D eigenvalue weighted by Gasteiger charge is 2.37. The molecule has 0 amide bonds. The van der Waals surface area contributed by atoms with Gasteiger partial charge in [0.1, 0.15) is 0 Å². The van der Waals surface area contributed by atoms with Crippen molar-refractivity contribution in [2.75, 3.05) is 32.8 Å². The Morgan fingerprint density at radius 2 is 1.90 bits per heavy atom. The van der Waals surface area contributed by atoms with Crippen molar-refractivity contribution in [1.29, 1.82) is 0 Å². The zero-order valence-electron chi connectivity index (χ0n) is 11.2. The third-order valence-electron chi connectivity index (χ3n) is 3.46. The molecular formula is C13H17Cl2F3N2O. The summed E-state index contributed by atoms with van der Waals surface area (Å²) in [5.41, 5.74) is -0.811. The highest BCUT2D eigenvalue weighted by molar-refractivity contribution is 6.31. The molecule has 1 aliphatic rings. The van der Waals surface area contributed by atoms with E-state index in [2.05, 4.69) is 5.32 Å². The summed E-state index contributed by atoms with van der Waals surface area (Å²) in [5, 5.41) is 12.7. The minimum atomic E-state index is -4.48. The summed E-state index contributed by atoms with van der Waals surface area (Å²) >= 11 is 5.97. The predicted octanol–water partition coefficient (Wildman–Crippen LogP) is 2.72. The van der Waals surface area contributed by atoms with Crippen LogP contribution >= 0.6 is 24.0 Å². The Morgan fingerprint density at radius 3 is 2.43 bits per heavy atom. The number of nitrogens with one attached hydrogen (secondary N) is 1. The van der Waals surface area contributed by atoms with Gasteiger partial charge in [-0.05, 0) is 12.1 Å². The highest BCUT2D eigenvalue weighted by atomic mass is 35.5. The fraction of sp³-hybridized carbons (Fsp3) is 0.538. The van der Waals surface area contributed by atoms with Crippen LogP contribution in [-0.2, 0) is 6.18 Å². The Bertz CT molecular complexity index is 465. The van der Waals surface area contributed by atoms with Gasteiger partial charge in [-0.1, -0.05) is 17.7 Å². The van der Waals surface area contributed by atoms with Crippen LogP contribution in [0.25, 0.3) is 0 Å². The largest absolute Gasteiger partial charge is 0.416 e. The molecule has 0 unspecified atom stereocenters. The summed E-state index contributed by atoms with van der Waals surface area (Å²) in [4.78, 5) is 1.83. The van der Waals surface area contributed by atoms with Crippen LogP contribution in [0.4, 0.5) is 13.2 Å². The molecule has 0 radical (unpaired) electrons. The molecule has 0 saturated carbocycles. The van der Waals surface area contributed by atoms with E-state index in [-0.39, 0.29) is 23.0 Å². The molecule has 0 aliphatic carbocycles. The lowest BCUT2D eigenvalue weighted by molar-refractivity contribution is -0.139. The van der Waals surface area contributed by atoms with E-state index in [9.17, 15) is 18.3 Å². The second kappa shape index (κ2) is 7.65. The van der Waals surface area contributed by atoms with Crippen LogP contribution < -0.4 is 5.32 Å². The number of aliphatic hydroxyl groups is 1. The number of alkyl halides is 3. The number of piperazine rings is 1. The summed E-state index contributed by atoms with van der Waals surface area (Å²) in [7, 11) is 0. The second-order valence-corrected chi connectivity index (χ2v) is 5.09. The summed E-state index contributed by atoms with van der Waals surface area (Å²) in [6.07, 6.45) is -4.48. The number of rotatable bonds is 3. The summed E-state index contributed by atoms with van der Waals surface area (Å²) in [5.74, 6) is 0. The molecule has 1 aliphatic heterocycles. The van der Waals surface area contributed by atoms with E-state index in [0.717, 1.165) is 6.07 Å². The van der Waals surface area contributed by atoms with E-state index < -0.39 is 24.4 Å². The monoisotopic (exact) mass is 344 g/mol. The third-order valence-corrected chi connectivity index (χ3v) is 3.79. The normalized spacial score (nSPS) is 18.1. The molecule has 2 rings (SSSR count). The fourth-order valence-corrected chi connectivity index (χ4v) is 2.81. The van der Waals surface area contributed by atoms with E-state index in [1.165, 1.54) is 12.1 Å². The van der Waals surface area contributed by atoms with Crippen LogP contribution in [0.15, 0.2) is 18.2 Å². The molecular weight excluding hydrogens is 328 g/mol. The topological polar surface area (TPSA) is 35.5 Å². The van der Waals surface area contributed by atoms with Gasteiger partial charge in [-0.25, -0.2) is 0 Å². The number of benzene rings is 1. The lowest BCUT2D eigenvalue weighted by atomic mass is 9.98. The molecule has 8 heteroatoms. The molecule has 1 saturated heterocycles. The van der Waals surface area contributed by atoms with Gasteiger partial charge in [-0.15, -0.1) is 12.4 Å². The Labute approximate surface area is 132 Å². The zero-order valence-corrected chi connectivity index (χ0v) is 12.7. The van der Waals surface area contributed by atoms with Crippen molar-refractivity contribution in [3.05, 3.63) is 34.3 Å². The van der Waals surface area contributed by atoms with Gasteiger partial charge in [0.25, 0.3) is 0 Å². The molecule has 1 aromatic carbocycles. The second-order valence-electron chi connectivity index (χ2n) is 4.68. The number of nitrogens with zero attached hydrogens (tertiary/aromatic N) is 1. The standard InChI is InChI=1S/C13H16ClF3N2O.ClH/c14-10-3-1-2-9(13(15,16)17)12(10)11(8-20)19-6-4-18-5-7-19;/h1-3,11,18,20H,4-8H2;1H/t11-;/m1./s1. The fourth-order valence-electron chi connectivity index (χ4n) is 2.51. The van der Waals surface area contributed by atoms with Gasteiger partial charge in [0.15, 0.2) is 0 Å². The van der Waals surface area contributed by atoms with Crippen molar-refractivity contribution in [3.8, 4) is 0 Å². The minimum absolute atomic E-state index is 0. The first kappa shape index (κ1) is 18.5. The summed E-state index contributed by atoms with van der Waals surface area (Å²) in [6, 6.07) is 2.98. The van der Waals surface area contributed by atoms with Crippen molar-refractivity contribution in [2.45, 2.75) is 12.2 Å². The Hall–Kier alpha value is -0.530. The average molecular weight is 345 g/mol. The molecule has 0 bridgehead atoms. The Balaban J connectivity index is 0.00000220. The quantitative estimate of drug-likeness (QED) is 0.884. The van der Waals surface area contributed by atoms with Crippen LogP contribution in [0.3, 0.4) is 0 Å². The summed E-state index contributed by atoms with van der Waals surface area (Å²) < 4.78 is 39.4. The van der Waals surface area contributed by atoms with Crippen LogP contribution in [-0.4, -0.2) is 42.8 Å². The Morgan fingerprint density at radius 1 is 1.29 bits per heavy atom. The third kappa shape index (κ3) is 4.23. The van der Waals surface area contributed by atoms with Crippen molar-refractivity contribution < 1.29 is 18.3 Å². The highest BCUT2D eigenvalue weighted by Crippen LogP contribution is 2.39. The molecule has 21 heavy (non-hydrogen) atoms. The number of halogens is 5. The molecule has 120 valence electrons. The molecule has 0 spiro atoms. The maximum Gasteiger partial charge on any atom is 0.416 e. The zero-order chi connectivity index (χ0) is 14.8. The molecule has 1 aromatic rings. The minimum Gasteiger partial charge on any atom is -0.394 e. The first-order valence-corrected chi connectivity index (χ1v) is 6.74. The molecule has 2 N–H and O–H groups in total. The predicted molar refractivity (Wildman–Crippen MR) is 78.0 cm³/mol. The summed E-state index contributed by atoms with van der Waals surface area (Å²) in [6.45, 7) is 2.12. The lowest BCUT2D eigenvalue weighted by Crippen LogP contribution is -2.46. The van der Waals surface area contributed by atoms with E-state index in [0.29, 0.717) is 26.2 Å². The van der Waals surface area contributed by atoms with Crippen molar-refractivity contribution in [2.24, 2.45) is 0 Å². The van der Waals surface area contributed by atoms with Gasteiger partial charge in [-0.2, -0.15) is 13.2 Å². The van der Waals surface area contributed by atoms with Crippen molar-refractivity contribution in [1.82, 2.24) is 10.2 Å². The van der Waals surface area contributed by atoms with E-state index in [1.807, 2.05) is 4.90 Å². The lowest BCUT2D eigenvalue weighted by Gasteiger charge is -2.35. The van der Waals surface area contributed by atoms with E-state index in [1.54, 1.807) is 0 Å². The molecule has 1 heterocycles. The van der Waals surface area contributed by atoms with E-state index >= 15 is 0 Å². The average Bonchev–Trinajstić information content (AvgIpc) is 2.41. The first-order chi connectivity index (χ1) is 9.45. The molecule has 1 fully saturated rings. The van der Waals surface area contributed by atoms with Crippen molar-refractivity contribution >= 4 is 24.0 Å².